The predicted octanol–water partition coefficient (Wildman–Crippen LogP) is 1.97. The second-order valence-corrected chi connectivity index (χ2v) is 5.13. The van der Waals surface area contributed by atoms with E-state index >= 15 is 0 Å². The Kier molecular flexibility index (Phi) is 2.88. The summed E-state index contributed by atoms with van der Waals surface area (Å²) in [4.78, 5) is 9.22. The van der Waals surface area contributed by atoms with Crippen LogP contribution in [0.25, 0.3) is 10.8 Å². The van der Waals surface area contributed by atoms with Crippen molar-refractivity contribution in [2.24, 2.45) is 0 Å². The third-order valence-corrected chi connectivity index (χ3v) is 3.46. The van der Waals surface area contributed by atoms with Crippen molar-refractivity contribution < 1.29 is 9.26 Å². The first-order valence-electron chi connectivity index (χ1n) is 5.06. The highest BCUT2D eigenvalue weighted by molar-refractivity contribution is 7.18. The van der Waals surface area contributed by atoms with E-state index in [1.54, 1.807) is 7.11 Å². The number of nitrogen functional groups attached to an aromatic ring is 1. The average molecular weight is 254 g/mol. The molecule has 0 aliphatic heterocycles. The smallest absolute Gasteiger partial charge is 0.270 e. The van der Waals surface area contributed by atoms with Gasteiger partial charge in [-0.3, -0.25) is 0 Å². The molecule has 0 saturated carbocycles. The average Bonchev–Trinajstić information content (AvgIpc) is 2.85. The van der Waals surface area contributed by atoms with Gasteiger partial charge in [-0.15, -0.1) is 0 Å². The van der Waals surface area contributed by atoms with Crippen LogP contribution in [0, 0.1) is 6.92 Å². The summed E-state index contributed by atoms with van der Waals surface area (Å²) in [6.07, 6.45) is 0. The first-order valence-corrected chi connectivity index (χ1v) is 5.88. The van der Waals surface area contributed by atoms with Crippen molar-refractivity contribution in [3.05, 3.63) is 11.5 Å². The molecule has 0 aliphatic carbocycles. The van der Waals surface area contributed by atoms with Crippen LogP contribution < -0.4 is 5.73 Å². The largest absolute Gasteiger partial charge is 0.375 e. The summed E-state index contributed by atoms with van der Waals surface area (Å²) in [5.74, 6) is 0.929. The van der Waals surface area contributed by atoms with Crippen molar-refractivity contribution in [1.82, 2.24) is 15.1 Å². The van der Waals surface area contributed by atoms with E-state index in [0.29, 0.717) is 16.8 Å². The Balaban J connectivity index is 2.40. The summed E-state index contributed by atoms with van der Waals surface area (Å²) in [5.41, 5.74) is 5.84. The van der Waals surface area contributed by atoms with Gasteiger partial charge in [-0.1, -0.05) is 16.5 Å². The molecule has 2 aromatic rings. The van der Waals surface area contributed by atoms with E-state index in [2.05, 4.69) is 15.1 Å². The Bertz CT molecular complexity index is 532. The number of aromatic nitrogens is 3. The molecule has 0 fully saturated rings. The third-order valence-electron chi connectivity index (χ3n) is 2.48. The first kappa shape index (κ1) is 12.0. The summed E-state index contributed by atoms with van der Waals surface area (Å²) < 4.78 is 10.5. The molecule has 17 heavy (non-hydrogen) atoms. The van der Waals surface area contributed by atoms with Crippen LogP contribution in [-0.2, 0) is 10.3 Å². The number of ether oxygens (including phenoxy) is 1. The van der Waals surface area contributed by atoms with E-state index in [4.69, 9.17) is 15.0 Å². The summed E-state index contributed by atoms with van der Waals surface area (Å²) in [5, 5.41) is 4.40. The summed E-state index contributed by atoms with van der Waals surface area (Å²) in [6.45, 7) is 5.60. The SMILES string of the molecule is COC(C)(C)c1noc(-c2sc(N)nc2C)n1. The molecule has 0 amide bonds. The molecular weight excluding hydrogens is 240 g/mol. The molecule has 2 rings (SSSR count). The summed E-state index contributed by atoms with van der Waals surface area (Å²) in [6, 6.07) is 0. The van der Waals surface area contributed by atoms with Crippen molar-refractivity contribution >= 4 is 16.5 Å². The molecule has 0 bridgehead atoms. The van der Waals surface area contributed by atoms with Crippen LogP contribution >= 0.6 is 11.3 Å². The Hall–Kier alpha value is -1.47. The molecule has 0 atom stereocenters. The van der Waals surface area contributed by atoms with E-state index in [-0.39, 0.29) is 0 Å². The van der Waals surface area contributed by atoms with Crippen LogP contribution in [0.5, 0.6) is 0 Å². The van der Waals surface area contributed by atoms with Gasteiger partial charge < -0.3 is 15.0 Å². The minimum absolute atomic E-state index is 0.428. The van der Waals surface area contributed by atoms with E-state index in [9.17, 15) is 0 Å². The van der Waals surface area contributed by atoms with Gasteiger partial charge in [-0.25, -0.2) is 4.98 Å². The van der Waals surface area contributed by atoms with Gasteiger partial charge in [0.25, 0.3) is 5.89 Å². The van der Waals surface area contributed by atoms with Gasteiger partial charge in [0.1, 0.15) is 10.5 Å². The standard InChI is InChI=1S/C10H14N4O2S/c1-5-6(17-9(11)12-5)7-13-8(14-16-7)10(2,3)15-4/h1-4H3,(H2,11,12). The van der Waals surface area contributed by atoms with E-state index in [0.717, 1.165) is 10.6 Å². The maximum Gasteiger partial charge on any atom is 0.270 e. The van der Waals surface area contributed by atoms with E-state index in [1.807, 2.05) is 20.8 Å². The molecule has 92 valence electrons. The zero-order valence-electron chi connectivity index (χ0n) is 10.1. The molecule has 0 spiro atoms. The van der Waals surface area contributed by atoms with Crippen molar-refractivity contribution in [3.8, 4) is 10.8 Å². The molecular formula is C10H14N4O2S. The number of rotatable bonds is 3. The maximum absolute atomic E-state index is 5.63. The minimum Gasteiger partial charge on any atom is -0.375 e. The van der Waals surface area contributed by atoms with Crippen molar-refractivity contribution in [2.75, 3.05) is 12.8 Å². The van der Waals surface area contributed by atoms with Crippen molar-refractivity contribution in [1.29, 1.82) is 0 Å². The number of hydrogen-bond donors (Lipinski definition) is 1. The molecule has 0 radical (unpaired) electrons. The fraction of sp³-hybridized carbons (Fsp3) is 0.500. The Morgan fingerprint density at radius 3 is 2.59 bits per heavy atom. The van der Waals surface area contributed by atoms with Crippen molar-refractivity contribution in [2.45, 2.75) is 26.4 Å². The summed E-state index contributed by atoms with van der Waals surface area (Å²) in [7, 11) is 1.60. The molecule has 2 aromatic heterocycles. The van der Waals surface area contributed by atoms with Gasteiger partial charge >= 0.3 is 0 Å². The van der Waals surface area contributed by atoms with Crippen LogP contribution in [0.2, 0.25) is 0 Å². The topological polar surface area (TPSA) is 87.1 Å². The second-order valence-electron chi connectivity index (χ2n) is 4.10. The zero-order chi connectivity index (χ0) is 12.6. The molecule has 6 nitrogen and oxygen atoms in total. The molecule has 2 heterocycles. The van der Waals surface area contributed by atoms with Crippen LogP contribution in [-0.4, -0.2) is 22.2 Å². The zero-order valence-corrected chi connectivity index (χ0v) is 11.0. The Morgan fingerprint density at radius 2 is 2.06 bits per heavy atom. The number of methoxy groups -OCH3 is 1. The number of hydrogen-bond acceptors (Lipinski definition) is 7. The van der Waals surface area contributed by atoms with Crippen LogP contribution in [0.4, 0.5) is 5.13 Å². The fourth-order valence-electron chi connectivity index (χ4n) is 1.27. The van der Waals surface area contributed by atoms with Crippen LogP contribution in [0.15, 0.2) is 4.52 Å². The molecule has 2 N–H and O–H groups in total. The molecule has 0 unspecified atom stereocenters. The van der Waals surface area contributed by atoms with Crippen LogP contribution in [0.3, 0.4) is 0 Å². The molecule has 0 aromatic carbocycles. The first-order chi connectivity index (χ1) is 7.94. The molecule has 0 saturated heterocycles. The van der Waals surface area contributed by atoms with Gasteiger partial charge in [-0.2, -0.15) is 4.98 Å². The van der Waals surface area contributed by atoms with E-state index in [1.165, 1.54) is 11.3 Å². The number of aryl methyl sites for hydroxylation is 1. The van der Waals surface area contributed by atoms with Crippen LogP contribution in [0.1, 0.15) is 25.4 Å². The van der Waals surface area contributed by atoms with Crippen molar-refractivity contribution in [3.63, 3.8) is 0 Å². The quantitative estimate of drug-likeness (QED) is 0.901. The Morgan fingerprint density at radius 1 is 1.35 bits per heavy atom. The lowest BCUT2D eigenvalue weighted by atomic mass is 10.1. The lowest BCUT2D eigenvalue weighted by Crippen LogP contribution is -2.21. The van der Waals surface area contributed by atoms with Gasteiger partial charge in [-0.05, 0) is 20.8 Å². The third kappa shape index (κ3) is 2.16. The number of thiazole rings is 1. The highest BCUT2D eigenvalue weighted by atomic mass is 32.1. The van der Waals surface area contributed by atoms with Gasteiger partial charge in [0.05, 0.1) is 5.69 Å². The van der Waals surface area contributed by atoms with E-state index < -0.39 is 5.60 Å². The highest BCUT2D eigenvalue weighted by Gasteiger charge is 2.27. The second kappa shape index (κ2) is 4.08. The Labute approximate surface area is 103 Å². The maximum atomic E-state index is 5.63. The lowest BCUT2D eigenvalue weighted by Gasteiger charge is -2.17. The van der Waals surface area contributed by atoms with Gasteiger partial charge in [0, 0.05) is 7.11 Å². The monoisotopic (exact) mass is 254 g/mol. The predicted molar refractivity (Wildman–Crippen MR) is 64.6 cm³/mol. The van der Waals surface area contributed by atoms with Gasteiger partial charge in [0.15, 0.2) is 5.13 Å². The summed E-state index contributed by atoms with van der Waals surface area (Å²) >= 11 is 1.33. The molecule has 7 heteroatoms. The number of nitrogens with zero attached hydrogens (tertiary/aromatic N) is 3. The fourth-order valence-corrected chi connectivity index (χ4v) is 2.02. The van der Waals surface area contributed by atoms with Gasteiger partial charge in [0.2, 0.25) is 5.82 Å². The lowest BCUT2D eigenvalue weighted by molar-refractivity contribution is 0.00973. The number of nitrogens with two attached hydrogens (primary N) is 1. The number of anilines is 1. The highest BCUT2D eigenvalue weighted by Crippen LogP contribution is 2.31. The normalized spacial score (nSPS) is 12.0. The minimum atomic E-state index is -0.577. The molecule has 0 aliphatic rings.